The first-order valence-electron chi connectivity index (χ1n) is 4.45. The summed E-state index contributed by atoms with van der Waals surface area (Å²) in [4.78, 5) is 25.3. The van der Waals surface area contributed by atoms with E-state index in [1.807, 2.05) is 30.3 Å². The highest BCUT2D eigenvalue weighted by atomic mass is 32.2. The predicted molar refractivity (Wildman–Crippen MR) is 58.2 cm³/mol. The highest BCUT2D eigenvalue weighted by molar-refractivity contribution is 8.04. The van der Waals surface area contributed by atoms with Crippen LogP contribution in [0.5, 0.6) is 0 Å². The van der Waals surface area contributed by atoms with E-state index in [2.05, 4.69) is 0 Å². The van der Waals surface area contributed by atoms with Crippen molar-refractivity contribution < 1.29 is 9.59 Å². The van der Waals surface area contributed by atoms with Crippen LogP contribution in [0.25, 0.3) is 0 Å². The molecule has 1 aliphatic rings. The Morgan fingerprint density at radius 1 is 1.13 bits per heavy atom. The molecule has 1 aromatic rings. The number of imide groups is 1. The van der Waals surface area contributed by atoms with E-state index in [4.69, 9.17) is 0 Å². The number of benzene rings is 1. The summed E-state index contributed by atoms with van der Waals surface area (Å²) in [5, 5.41) is 0. The molecule has 1 aliphatic heterocycles. The Bertz CT molecular complexity index is 439. The average molecular weight is 219 g/mol. The summed E-state index contributed by atoms with van der Waals surface area (Å²) in [5.41, 5.74) is 0. The number of hydrogen-bond donors (Lipinski definition) is 0. The molecule has 2 amide bonds. The molecule has 0 bridgehead atoms. The second-order valence-corrected chi connectivity index (χ2v) is 4.24. The van der Waals surface area contributed by atoms with Crippen molar-refractivity contribution in [3.63, 3.8) is 0 Å². The summed E-state index contributed by atoms with van der Waals surface area (Å²) >= 11 is 1.32. The van der Waals surface area contributed by atoms with Gasteiger partial charge in [0.2, 0.25) is 0 Å². The fourth-order valence-electron chi connectivity index (χ4n) is 1.22. The van der Waals surface area contributed by atoms with Crippen LogP contribution in [0.2, 0.25) is 0 Å². The molecule has 3 nitrogen and oxygen atoms in total. The van der Waals surface area contributed by atoms with Crippen LogP contribution < -0.4 is 0 Å². The van der Waals surface area contributed by atoms with Gasteiger partial charge in [0.15, 0.2) is 0 Å². The van der Waals surface area contributed by atoms with Crippen LogP contribution in [0.15, 0.2) is 46.2 Å². The first kappa shape index (κ1) is 9.98. The fourth-order valence-corrected chi connectivity index (χ4v) is 2.16. The number of hydrogen-bond acceptors (Lipinski definition) is 3. The van der Waals surface area contributed by atoms with E-state index >= 15 is 0 Å². The summed E-state index contributed by atoms with van der Waals surface area (Å²) in [7, 11) is 1.49. The molecule has 1 heterocycles. The minimum absolute atomic E-state index is 0.228. The Labute approximate surface area is 91.8 Å². The van der Waals surface area contributed by atoms with Gasteiger partial charge < -0.3 is 0 Å². The third-order valence-corrected chi connectivity index (χ3v) is 3.09. The lowest BCUT2D eigenvalue weighted by atomic mass is 10.4. The lowest BCUT2D eigenvalue weighted by Crippen LogP contribution is -2.25. The van der Waals surface area contributed by atoms with Crippen LogP contribution in [0.3, 0.4) is 0 Å². The number of rotatable bonds is 2. The van der Waals surface area contributed by atoms with Crippen LogP contribution in [-0.2, 0) is 9.59 Å². The number of amides is 2. The van der Waals surface area contributed by atoms with Crippen molar-refractivity contribution in [1.82, 2.24) is 4.90 Å². The molecule has 15 heavy (non-hydrogen) atoms. The molecule has 2 rings (SSSR count). The van der Waals surface area contributed by atoms with Crippen molar-refractivity contribution in [2.75, 3.05) is 7.05 Å². The van der Waals surface area contributed by atoms with Gasteiger partial charge >= 0.3 is 0 Å². The average Bonchev–Trinajstić information content (AvgIpc) is 2.48. The van der Waals surface area contributed by atoms with Crippen LogP contribution in [-0.4, -0.2) is 23.8 Å². The molecule has 0 saturated heterocycles. The van der Waals surface area contributed by atoms with Crippen molar-refractivity contribution in [3.8, 4) is 0 Å². The first-order chi connectivity index (χ1) is 7.18. The molecule has 0 saturated carbocycles. The van der Waals surface area contributed by atoms with E-state index in [0.29, 0.717) is 4.91 Å². The lowest BCUT2D eigenvalue weighted by molar-refractivity contribution is -0.135. The maximum absolute atomic E-state index is 11.5. The quantitative estimate of drug-likeness (QED) is 0.710. The molecule has 0 N–H and O–H groups in total. The Morgan fingerprint density at radius 2 is 1.80 bits per heavy atom. The van der Waals surface area contributed by atoms with Gasteiger partial charge in [0.25, 0.3) is 11.8 Å². The van der Waals surface area contributed by atoms with E-state index in [-0.39, 0.29) is 11.8 Å². The summed E-state index contributed by atoms with van der Waals surface area (Å²) in [6, 6.07) is 9.51. The highest BCUT2D eigenvalue weighted by Gasteiger charge is 2.27. The SMILES string of the molecule is CN1C(=O)C=C(Sc2ccccc2)C1=O. The lowest BCUT2D eigenvalue weighted by Gasteiger charge is -2.06. The van der Waals surface area contributed by atoms with Crippen molar-refractivity contribution in [2.24, 2.45) is 0 Å². The second kappa shape index (κ2) is 3.90. The zero-order valence-corrected chi connectivity index (χ0v) is 8.95. The number of carbonyl (C=O) groups is 2. The van der Waals surface area contributed by atoms with E-state index in [0.717, 1.165) is 9.80 Å². The van der Waals surface area contributed by atoms with Gasteiger partial charge in [-0.2, -0.15) is 0 Å². The van der Waals surface area contributed by atoms with Gasteiger partial charge in [-0.3, -0.25) is 14.5 Å². The molecule has 0 fully saturated rings. The van der Waals surface area contributed by atoms with Crippen LogP contribution in [0.1, 0.15) is 0 Å². The van der Waals surface area contributed by atoms with E-state index in [1.54, 1.807) is 0 Å². The van der Waals surface area contributed by atoms with Crippen molar-refractivity contribution >= 4 is 23.6 Å². The van der Waals surface area contributed by atoms with Gasteiger partial charge in [-0.05, 0) is 12.1 Å². The Balaban J connectivity index is 2.18. The predicted octanol–water partition coefficient (Wildman–Crippen LogP) is 1.66. The molecule has 0 aromatic heterocycles. The standard InChI is InChI=1S/C11H9NO2S/c1-12-10(13)7-9(11(12)14)15-8-5-3-2-4-6-8/h2-7H,1H3. The largest absolute Gasteiger partial charge is 0.278 e. The monoisotopic (exact) mass is 219 g/mol. The fraction of sp³-hybridized carbons (Fsp3) is 0.0909. The van der Waals surface area contributed by atoms with Crippen molar-refractivity contribution in [3.05, 3.63) is 41.3 Å². The van der Waals surface area contributed by atoms with E-state index in [1.165, 1.54) is 24.9 Å². The first-order valence-corrected chi connectivity index (χ1v) is 5.27. The molecule has 76 valence electrons. The van der Waals surface area contributed by atoms with Gasteiger partial charge in [-0.15, -0.1) is 0 Å². The highest BCUT2D eigenvalue weighted by Crippen LogP contribution is 2.30. The van der Waals surface area contributed by atoms with Gasteiger partial charge in [-0.25, -0.2) is 0 Å². The minimum Gasteiger partial charge on any atom is -0.278 e. The van der Waals surface area contributed by atoms with Gasteiger partial charge in [0, 0.05) is 18.0 Å². The Hall–Kier alpha value is -1.55. The summed E-state index contributed by atoms with van der Waals surface area (Å²) in [5.74, 6) is -0.479. The molecule has 1 aromatic carbocycles. The molecule has 0 atom stereocenters. The summed E-state index contributed by atoms with van der Waals surface area (Å²) in [6.07, 6.45) is 1.38. The Morgan fingerprint density at radius 3 is 2.33 bits per heavy atom. The molecule has 0 aliphatic carbocycles. The van der Waals surface area contributed by atoms with E-state index in [9.17, 15) is 9.59 Å². The summed E-state index contributed by atoms with van der Waals surface area (Å²) in [6.45, 7) is 0. The maximum atomic E-state index is 11.5. The van der Waals surface area contributed by atoms with Gasteiger partial charge in [-0.1, -0.05) is 30.0 Å². The topological polar surface area (TPSA) is 37.4 Å². The zero-order valence-electron chi connectivity index (χ0n) is 8.14. The molecule has 0 radical (unpaired) electrons. The minimum atomic E-state index is -0.251. The molecule has 0 spiro atoms. The molecule has 4 heteroatoms. The smallest absolute Gasteiger partial charge is 0.267 e. The second-order valence-electron chi connectivity index (χ2n) is 3.13. The van der Waals surface area contributed by atoms with Crippen LogP contribution in [0, 0.1) is 0 Å². The third kappa shape index (κ3) is 1.94. The van der Waals surface area contributed by atoms with Crippen LogP contribution in [0.4, 0.5) is 0 Å². The van der Waals surface area contributed by atoms with Crippen molar-refractivity contribution in [1.29, 1.82) is 0 Å². The number of likely N-dealkylation sites (N-methyl/N-ethyl adjacent to an activating group) is 1. The summed E-state index contributed by atoms with van der Waals surface area (Å²) < 4.78 is 0. The van der Waals surface area contributed by atoms with Crippen LogP contribution >= 0.6 is 11.8 Å². The molecular formula is C11H9NO2S. The van der Waals surface area contributed by atoms with Crippen molar-refractivity contribution in [2.45, 2.75) is 4.90 Å². The van der Waals surface area contributed by atoms with Gasteiger partial charge in [0.05, 0.1) is 4.91 Å². The zero-order chi connectivity index (χ0) is 10.8. The molecule has 0 unspecified atom stereocenters. The number of nitrogens with zero attached hydrogens (tertiary/aromatic N) is 1. The number of carbonyl (C=O) groups excluding carboxylic acids is 2. The normalized spacial score (nSPS) is 15.8. The van der Waals surface area contributed by atoms with E-state index < -0.39 is 0 Å². The number of thioether (sulfide) groups is 1. The third-order valence-electron chi connectivity index (χ3n) is 2.07. The van der Waals surface area contributed by atoms with Gasteiger partial charge in [0.1, 0.15) is 0 Å². The maximum Gasteiger partial charge on any atom is 0.267 e. The Kier molecular flexibility index (Phi) is 2.60. The molecular weight excluding hydrogens is 210 g/mol.